The summed E-state index contributed by atoms with van der Waals surface area (Å²) >= 11 is 0. The molecule has 0 aliphatic carbocycles. The number of fused-ring (bicyclic) bond motifs is 1. The van der Waals surface area contributed by atoms with Crippen molar-refractivity contribution in [1.82, 2.24) is 0 Å². The Morgan fingerprint density at radius 3 is 2.69 bits per heavy atom. The topological polar surface area (TPSA) is 9.23 Å². The average Bonchev–Trinajstić information content (AvgIpc) is 2.59. The van der Waals surface area contributed by atoms with Crippen molar-refractivity contribution >= 4 is 8.07 Å². The van der Waals surface area contributed by atoms with Crippen molar-refractivity contribution in [2.24, 2.45) is 0 Å². The molecule has 2 rings (SSSR count). The first-order chi connectivity index (χ1) is 7.51. The minimum atomic E-state index is -1.44. The Morgan fingerprint density at radius 2 is 2.06 bits per heavy atom. The van der Waals surface area contributed by atoms with Gasteiger partial charge in [0.1, 0.15) is 0 Å². The Bertz CT molecular complexity index is 405. The summed E-state index contributed by atoms with van der Waals surface area (Å²) in [6.07, 6.45) is 2.93. The van der Waals surface area contributed by atoms with E-state index in [-0.39, 0.29) is 5.22 Å². The fraction of sp³-hybridized carbons (Fsp3) is 0.429. The van der Waals surface area contributed by atoms with Gasteiger partial charge < -0.3 is 4.74 Å². The molecule has 0 bridgehead atoms. The van der Waals surface area contributed by atoms with Crippen LogP contribution >= 0.6 is 0 Å². The van der Waals surface area contributed by atoms with E-state index in [9.17, 15) is 0 Å². The first kappa shape index (κ1) is 11.6. The molecule has 0 amide bonds. The number of hydrogen-bond acceptors (Lipinski definition) is 1. The van der Waals surface area contributed by atoms with Crippen LogP contribution in [-0.2, 0) is 16.6 Å². The molecular weight excluding hydrogens is 212 g/mol. The van der Waals surface area contributed by atoms with Crippen LogP contribution in [0.3, 0.4) is 0 Å². The van der Waals surface area contributed by atoms with E-state index in [0.717, 1.165) is 13.0 Å². The van der Waals surface area contributed by atoms with Crippen LogP contribution in [-0.4, -0.2) is 8.07 Å². The van der Waals surface area contributed by atoms with Gasteiger partial charge in [0.25, 0.3) is 0 Å². The van der Waals surface area contributed by atoms with E-state index in [1.54, 1.807) is 0 Å². The molecule has 0 unspecified atom stereocenters. The first-order valence-corrected chi connectivity index (χ1v) is 9.34. The lowest BCUT2D eigenvalue weighted by molar-refractivity contribution is 0.0221. The van der Waals surface area contributed by atoms with E-state index >= 15 is 0 Å². The van der Waals surface area contributed by atoms with Crippen LogP contribution < -0.4 is 0 Å². The van der Waals surface area contributed by atoms with Crippen LogP contribution in [0.2, 0.25) is 19.6 Å². The molecule has 0 aromatic heterocycles. The highest BCUT2D eigenvalue weighted by Crippen LogP contribution is 2.45. The predicted molar refractivity (Wildman–Crippen MR) is 71.1 cm³/mol. The van der Waals surface area contributed by atoms with Crippen molar-refractivity contribution in [2.75, 3.05) is 0 Å². The molecule has 0 saturated carbocycles. The summed E-state index contributed by atoms with van der Waals surface area (Å²) in [4.78, 5) is 0. The van der Waals surface area contributed by atoms with Gasteiger partial charge in [-0.15, -0.1) is 6.58 Å². The van der Waals surface area contributed by atoms with E-state index in [1.807, 2.05) is 6.08 Å². The maximum atomic E-state index is 6.21. The zero-order chi connectivity index (χ0) is 11.8. The summed E-state index contributed by atoms with van der Waals surface area (Å²) in [5.41, 5.74) is 2.75. The molecule has 1 aromatic rings. The number of ether oxygens (including phenoxy) is 1. The maximum Gasteiger partial charge on any atom is 0.0886 e. The average molecular weight is 232 g/mol. The van der Waals surface area contributed by atoms with Gasteiger partial charge in [-0.3, -0.25) is 0 Å². The molecule has 0 N–H and O–H groups in total. The van der Waals surface area contributed by atoms with Gasteiger partial charge in [-0.2, -0.15) is 0 Å². The van der Waals surface area contributed by atoms with Gasteiger partial charge in [0.2, 0.25) is 0 Å². The second-order valence-electron chi connectivity index (χ2n) is 5.52. The molecule has 1 aliphatic heterocycles. The van der Waals surface area contributed by atoms with E-state index in [4.69, 9.17) is 4.74 Å². The normalized spacial score (nSPS) is 24.2. The van der Waals surface area contributed by atoms with Gasteiger partial charge in [0, 0.05) is 0 Å². The molecule has 1 heterocycles. The Hall–Kier alpha value is -0.863. The molecule has 86 valence electrons. The van der Waals surface area contributed by atoms with Gasteiger partial charge in [-0.05, 0) is 17.5 Å². The van der Waals surface area contributed by atoms with Crippen LogP contribution in [0, 0.1) is 0 Å². The third kappa shape index (κ3) is 1.57. The summed E-state index contributed by atoms with van der Waals surface area (Å²) in [6, 6.07) is 8.62. The predicted octanol–water partition coefficient (Wildman–Crippen LogP) is 3.87. The minimum absolute atomic E-state index is 0.0641. The van der Waals surface area contributed by atoms with Crippen LogP contribution in [0.15, 0.2) is 36.9 Å². The summed E-state index contributed by atoms with van der Waals surface area (Å²) < 4.78 is 6.21. The van der Waals surface area contributed by atoms with Gasteiger partial charge in [0.05, 0.1) is 19.9 Å². The smallest absolute Gasteiger partial charge is 0.0886 e. The SMILES string of the molecule is C=CC[C@@]1([Si](C)(C)C)OCc2ccccc21. The van der Waals surface area contributed by atoms with Crippen molar-refractivity contribution in [3.05, 3.63) is 48.0 Å². The van der Waals surface area contributed by atoms with Crippen molar-refractivity contribution in [3.63, 3.8) is 0 Å². The highest BCUT2D eigenvalue weighted by Gasteiger charge is 2.49. The minimum Gasteiger partial charge on any atom is -0.369 e. The molecule has 2 heteroatoms. The molecule has 1 nitrogen and oxygen atoms in total. The summed E-state index contributed by atoms with van der Waals surface area (Å²) in [6.45, 7) is 11.8. The fourth-order valence-electron chi connectivity index (χ4n) is 2.62. The van der Waals surface area contributed by atoms with Crippen LogP contribution in [0.1, 0.15) is 17.5 Å². The van der Waals surface area contributed by atoms with Gasteiger partial charge >= 0.3 is 0 Å². The fourth-order valence-corrected chi connectivity index (χ4v) is 4.93. The van der Waals surface area contributed by atoms with Crippen LogP contribution in [0.4, 0.5) is 0 Å². The number of hydrogen-bond donors (Lipinski definition) is 0. The summed E-state index contributed by atoms with van der Waals surface area (Å²) in [5.74, 6) is 0. The maximum absolute atomic E-state index is 6.21. The summed E-state index contributed by atoms with van der Waals surface area (Å²) in [7, 11) is -1.44. The van der Waals surface area contributed by atoms with Crippen LogP contribution in [0.25, 0.3) is 0 Å². The molecule has 0 spiro atoms. The van der Waals surface area contributed by atoms with E-state index in [0.29, 0.717) is 0 Å². The molecule has 16 heavy (non-hydrogen) atoms. The van der Waals surface area contributed by atoms with Crippen molar-refractivity contribution < 1.29 is 4.74 Å². The third-order valence-electron chi connectivity index (χ3n) is 3.57. The first-order valence-electron chi connectivity index (χ1n) is 5.84. The Kier molecular flexibility index (Phi) is 2.80. The third-order valence-corrected chi connectivity index (χ3v) is 6.61. The zero-order valence-corrected chi connectivity index (χ0v) is 11.4. The van der Waals surface area contributed by atoms with Gasteiger partial charge in [0.15, 0.2) is 0 Å². The Balaban J connectivity index is 2.55. The lowest BCUT2D eigenvalue weighted by Gasteiger charge is -2.40. The van der Waals surface area contributed by atoms with Gasteiger partial charge in [-0.25, -0.2) is 0 Å². The molecule has 1 atom stereocenters. The standard InChI is InChI=1S/C14H20OSi/c1-5-10-14(16(2,3)4)13-9-7-6-8-12(13)11-15-14/h5-9H,1,10-11H2,2-4H3/t14-/m0/s1. The number of benzene rings is 1. The second kappa shape index (κ2) is 3.86. The second-order valence-corrected chi connectivity index (χ2v) is 10.8. The molecule has 1 aromatic carbocycles. The Labute approximate surface area is 99.2 Å². The van der Waals surface area contributed by atoms with Crippen molar-refractivity contribution in [3.8, 4) is 0 Å². The van der Waals surface area contributed by atoms with Crippen LogP contribution in [0.5, 0.6) is 0 Å². The molecule has 0 saturated heterocycles. The number of rotatable bonds is 3. The molecule has 0 fully saturated rings. The Morgan fingerprint density at radius 1 is 1.38 bits per heavy atom. The van der Waals surface area contributed by atoms with E-state index in [2.05, 4.69) is 50.5 Å². The lowest BCUT2D eigenvalue weighted by Crippen LogP contribution is -2.49. The molecular formula is C14H20OSi. The van der Waals surface area contributed by atoms with Crippen molar-refractivity contribution in [2.45, 2.75) is 37.9 Å². The van der Waals surface area contributed by atoms with Gasteiger partial charge in [-0.1, -0.05) is 50.0 Å². The van der Waals surface area contributed by atoms with E-state index in [1.165, 1.54) is 11.1 Å². The highest BCUT2D eigenvalue weighted by molar-refractivity contribution is 6.78. The van der Waals surface area contributed by atoms with E-state index < -0.39 is 8.07 Å². The largest absolute Gasteiger partial charge is 0.369 e. The quantitative estimate of drug-likeness (QED) is 0.568. The molecule has 1 aliphatic rings. The lowest BCUT2D eigenvalue weighted by atomic mass is 10.0. The van der Waals surface area contributed by atoms with Crippen molar-refractivity contribution in [1.29, 1.82) is 0 Å². The summed E-state index contributed by atoms with van der Waals surface area (Å²) in [5, 5.41) is -0.0641. The zero-order valence-electron chi connectivity index (χ0n) is 10.4. The molecule has 0 radical (unpaired) electrons. The highest BCUT2D eigenvalue weighted by atomic mass is 28.3. The monoisotopic (exact) mass is 232 g/mol.